The van der Waals surface area contributed by atoms with E-state index in [0.29, 0.717) is 13.1 Å². The number of halogens is 2. The van der Waals surface area contributed by atoms with Gasteiger partial charge in [-0.05, 0) is 81.6 Å². The fraction of sp³-hybridized carbons (Fsp3) is 0.368. The number of nitrogens with zero attached hydrogens (tertiary/aromatic N) is 2. The van der Waals surface area contributed by atoms with Gasteiger partial charge in [0.2, 0.25) is 0 Å². The van der Waals surface area contributed by atoms with Crippen LogP contribution in [0, 0.1) is 7.14 Å². The van der Waals surface area contributed by atoms with Crippen LogP contribution in [0.3, 0.4) is 0 Å². The third kappa shape index (κ3) is 3.83. The van der Waals surface area contributed by atoms with Crippen LogP contribution in [0.25, 0.3) is 21.8 Å². The van der Waals surface area contributed by atoms with Crippen molar-refractivity contribution in [3.8, 4) is 0 Å². The first-order chi connectivity index (χ1) is 12.1. The molecule has 132 valence electrons. The van der Waals surface area contributed by atoms with Gasteiger partial charge in [0.1, 0.15) is 0 Å². The highest BCUT2D eigenvalue weighted by Crippen LogP contribution is 2.31. The predicted molar refractivity (Wildman–Crippen MR) is 118 cm³/mol. The first-order valence-corrected chi connectivity index (χ1v) is 10.6. The van der Waals surface area contributed by atoms with Crippen molar-refractivity contribution in [2.24, 2.45) is 0 Å². The summed E-state index contributed by atoms with van der Waals surface area (Å²) in [5.41, 5.74) is 2.39. The normalized spacial score (nSPS) is 17.4. The van der Waals surface area contributed by atoms with E-state index in [-0.39, 0.29) is 0 Å². The maximum atomic E-state index is 10.7. The maximum Gasteiger partial charge on any atom is 0.0846 e. The highest BCUT2D eigenvalue weighted by atomic mass is 127. The standard InChI is InChI=1S/C19H20I2N2O2/c20-13-1-3-18-16(9-13)17-10-14(21)2-4-19(17)23(18)12-15(24)11-22-5-7-25-8-6-22/h1-4,9-10,15,24H,5-8,11-12H2/t15-/m0/s1. The van der Waals surface area contributed by atoms with Gasteiger partial charge in [0.15, 0.2) is 0 Å². The number of fused-ring (bicyclic) bond motifs is 3. The van der Waals surface area contributed by atoms with Gasteiger partial charge in [-0.15, -0.1) is 0 Å². The van der Waals surface area contributed by atoms with Crippen molar-refractivity contribution in [1.29, 1.82) is 0 Å². The van der Waals surface area contributed by atoms with E-state index in [9.17, 15) is 5.11 Å². The fourth-order valence-corrected chi connectivity index (χ4v) is 4.58. The molecule has 2 aromatic carbocycles. The summed E-state index contributed by atoms with van der Waals surface area (Å²) in [6, 6.07) is 13.1. The Morgan fingerprint density at radius 3 is 2.04 bits per heavy atom. The second kappa shape index (κ2) is 7.67. The Morgan fingerprint density at radius 1 is 0.920 bits per heavy atom. The lowest BCUT2D eigenvalue weighted by Gasteiger charge is -2.28. The summed E-state index contributed by atoms with van der Waals surface area (Å²) in [6.45, 7) is 4.64. The Hall–Kier alpha value is -0.420. The lowest BCUT2D eigenvalue weighted by molar-refractivity contribution is 0.0119. The smallest absolute Gasteiger partial charge is 0.0846 e. The largest absolute Gasteiger partial charge is 0.390 e. The number of morpholine rings is 1. The zero-order chi connectivity index (χ0) is 17.4. The van der Waals surface area contributed by atoms with Crippen molar-refractivity contribution in [3.63, 3.8) is 0 Å². The van der Waals surface area contributed by atoms with E-state index in [1.165, 1.54) is 28.9 Å². The molecule has 25 heavy (non-hydrogen) atoms. The molecule has 0 saturated carbocycles. The summed E-state index contributed by atoms with van der Waals surface area (Å²) >= 11 is 4.72. The lowest BCUT2D eigenvalue weighted by Crippen LogP contribution is -2.42. The summed E-state index contributed by atoms with van der Waals surface area (Å²) < 4.78 is 10.1. The summed E-state index contributed by atoms with van der Waals surface area (Å²) in [5.74, 6) is 0. The topological polar surface area (TPSA) is 37.6 Å². The van der Waals surface area contributed by atoms with E-state index >= 15 is 0 Å². The number of hydrogen-bond acceptors (Lipinski definition) is 3. The number of aliphatic hydroxyl groups excluding tert-OH is 1. The van der Waals surface area contributed by atoms with Crippen LogP contribution in [0.4, 0.5) is 0 Å². The van der Waals surface area contributed by atoms with E-state index in [4.69, 9.17) is 4.74 Å². The van der Waals surface area contributed by atoms with Crippen molar-refractivity contribution in [1.82, 2.24) is 9.47 Å². The Balaban J connectivity index is 1.69. The Labute approximate surface area is 174 Å². The number of benzene rings is 2. The number of rotatable bonds is 4. The number of ether oxygens (including phenoxy) is 1. The van der Waals surface area contributed by atoms with Gasteiger partial charge in [-0.2, -0.15) is 0 Å². The molecule has 4 rings (SSSR count). The number of aromatic nitrogens is 1. The predicted octanol–water partition coefficient (Wildman–Crippen LogP) is 3.70. The second-order valence-corrected chi connectivity index (χ2v) is 8.99. The molecule has 0 bridgehead atoms. The molecule has 1 saturated heterocycles. The zero-order valence-corrected chi connectivity index (χ0v) is 18.1. The maximum absolute atomic E-state index is 10.7. The summed E-state index contributed by atoms with van der Waals surface area (Å²) in [5, 5.41) is 13.2. The van der Waals surface area contributed by atoms with Crippen LogP contribution < -0.4 is 0 Å². The molecule has 1 atom stereocenters. The van der Waals surface area contributed by atoms with Crippen LogP contribution in [0.2, 0.25) is 0 Å². The Kier molecular flexibility index (Phi) is 5.52. The average molecular weight is 562 g/mol. The molecule has 0 aliphatic carbocycles. The fourth-order valence-electron chi connectivity index (χ4n) is 3.60. The van der Waals surface area contributed by atoms with Gasteiger partial charge in [0.25, 0.3) is 0 Å². The van der Waals surface area contributed by atoms with Crippen LogP contribution in [-0.4, -0.2) is 53.5 Å². The summed E-state index contributed by atoms with van der Waals surface area (Å²) in [4.78, 5) is 2.29. The molecule has 0 radical (unpaired) electrons. The molecule has 0 unspecified atom stereocenters. The number of hydrogen-bond donors (Lipinski definition) is 1. The van der Waals surface area contributed by atoms with Crippen molar-refractivity contribution in [2.75, 3.05) is 32.8 Å². The van der Waals surface area contributed by atoms with Crippen LogP contribution in [0.15, 0.2) is 36.4 Å². The number of aliphatic hydroxyl groups is 1. The highest BCUT2D eigenvalue weighted by Gasteiger charge is 2.18. The molecule has 1 fully saturated rings. The van der Waals surface area contributed by atoms with E-state index in [1.807, 2.05) is 0 Å². The van der Waals surface area contributed by atoms with Gasteiger partial charge in [0, 0.05) is 48.6 Å². The lowest BCUT2D eigenvalue weighted by atomic mass is 10.2. The minimum atomic E-state index is -0.393. The van der Waals surface area contributed by atoms with Crippen molar-refractivity contribution in [2.45, 2.75) is 12.6 Å². The second-order valence-electron chi connectivity index (χ2n) is 6.50. The minimum absolute atomic E-state index is 0.393. The van der Waals surface area contributed by atoms with Crippen LogP contribution >= 0.6 is 45.2 Å². The van der Waals surface area contributed by atoms with Crippen molar-refractivity contribution in [3.05, 3.63) is 43.5 Å². The van der Waals surface area contributed by atoms with Gasteiger partial charge in [-0.3, -0.25) is 4.90 Å². The van der Waals surface area contributed by atoms with Crippen molar-refractivity contribution < 1.29 is 9.84 Å². The molecule has 1 aromatic heterocycles. The zero-order valence-electron chi connectivity index (χ0n) is 13.8. The monoisotopic (exact) mass is 562 g/mol. The van der Waals surface area contributed by atoms with Gasteiger partial charge < -0.3 is 14.4 Å². The highest BCUT2D eigenvalue weighted by molar-refractivity contribution is 14.1. The molecular weight excluding hydrogens is 542 g/mol. The first kappa shape index (κ1) is 18.0. The molecule has 1 N–H and O–H groups in total. The van der Waals surface area contributed by atoms with E-state index < -0.39 is 6.10 Å². The molecular formula is C19H20I2N2O2. The molecule has 0 spiro atoms. The van der Waals surface area contributed by atoms with Gasteiger partial charge in [-0.25, -0.2) is 0 Å². The molecule has 1 aliphatic rings. The first-order valence-electron chi connectivity index (χ1n) is 8.47. The van der Waals surface area contributed by atoms with E-state index in [1.54, 1.807) is 0 Å². The molecule has 3 aromatic rings. The summed E-state index contributed by atoms with van der Waals surface area (Å²) in [6.07, 6.45) is -0.393. The van der Waals surface area contributed by atoms with E-state index in [0.717, 1.165) is 26.3 Å². The van der Waals surface area contributed by atoms with Gasteiger partial charge >= 0.3 is 0 Å². The SMILES string of the molecule is O[C@@H](CN1CCOCC1)Cn1c2ccc(I)cc2c2cc(I)ccc21. The molecule has 2 heterocycles. The quantitative estimate of drug-likeness (QED) is 0.494. The van der Waals surface area contributed by atoms with Crippen LogP contribution in [0.1, 0.15) is 0 Å². The minimum Gasteiger partial charge on any atom is -0.390 e. The van der Waals surface area contributed by atoms with Crippen LogP contribution in [-0.2, 0) is 11.3 Å². The molecule has 4 nitrogen and oxygen atoms in total. The van der Waals surface area contributed by atoms with E-state index in [2.05, 4.69) is 91.0 Å². The number of β-amino-alcohol motifs (C(OH)–C–C–N with tert-alkyl or cyclic N) is 1. The van der Waals surface area contributed by atoms with Gasteiger partial charge in [0.05, 0.1) is 25.9 Å². The molecule has 6 heteroatoms. The molecule has 1 aliphatic heterocycles. The molecule has 0 amide bonds. The Bertz CT molecular complexity index is 844. The summed E-state index contributed by atoms with van der Waals surface area (Å²) in [7, 11) is 0. The van der Waals surface area contributed by atoms with Crippen molar-refractivity contribution >= 4 is 67.0 Å². The van der Waals surface area contributed by atoms with Crippen LogP contribution in [0.5, 0.6) is 0 Å². The average Bonchev–Trinajstić information content (AvgIpc) is 2.88. The third-order valence-corrected chi connectivity index (χ3v) is 6.10. The third-order valence-electron chi connectivity index (χ3n) is 4.75. The van der Waals surface area contributed by atoms with Gasteiger partial charge in [-0.1, -0.05) is 0 Å². The Morgan fingerprint density at radius 2 is 1.48 bits per heavy atom.